The predicted molar refractivity (Wildman–Crippen MR) is 97.7 cm³/mol. The Kier molecular flexibility index (Phi) is 5.10. The molecular weight excluding hydrogens is 322 g/mol. The fraction of sp³-hybridized carbons (Fsp3) is 0.350. The number of halogens is 1. The van der Waals surface area contributed by atoms with E-state index in [9.17, 15) is 4.79 Å². The fourth-order valence-corrected chi connectivity index (χ4v) is 3.76. The van der Waals surface area contributed by atoms with Crippen molar-refractivity contribution in [1.29, 1.82) is 0 Å². The Balaban J connectivity index is 0.00000169. The summed E-state index contributed by atoms with van der Waals surface area (Å²) in [7, 11) is 0. The van der Waals surface area contributed by atoms with Gasteiger partial charge in [0.25, 0.3) is 0 Å². The van der Waals surface area contributed by atoms with E-state index < -0.39 is 0 Å². The first-order valence-corrected chi connectivity index (χ1v) is 8.44. The number of nitrogens with zero attached hydrogens (tertiary/aromatic N) is 1. The van der Waals surface area contributed by atoms with Gasteiger partial charge in [0.1, 0.15) is 6.61 Å². The normalized spacial score (nSPS) is 16.1. The molecule has 0 bridgehead atoms. The van der Waals surface area contributed by atoms with E-state index in [0.29, 0.717) is 6.61 Å². The minimum absolute atomic E-state index is 0. The lowest BCUT2D eigenvalue weighted by Crippen LogP contribution is -2.36. The Morgan fingerprint density at radius 1 is 0.917 bits per heavy atom. The number of amides is 1. The van der Waals surface area contributed by atoms with E-state index in [4.69, 9.17) is 4.74 Å². The largest absolute Gasteiger partial charge is 0.448 e. The lowest BCUT2D eigenvalue weighted by Gasteiger charge is -2.26. The molecule has 4 heteroatoms. The number of hydrogen-bond acceptors (Lipinski definition) is 2. The first kappa shape index (κ1) is 16.8. The second-order valence-corrected chi connectivity index (χ2v) is 6.35. The number of likely N-dealkylation sites (tertiary alicyclic amines) is 1. The highest BCUT2D eigenvalue weighted by Gasteiger charge is 2.29. The summed E-state index contributed by atoms with van der Waals surface area (Å²) in [6.45, 7) is 2.08. The Morgan fingerprint density at radius 3 is 2.04 bits per heavy atom. The summed E-state index contributed by atoms with van der Waals surface area (Å²) in [5.74, 6) is 0.149. The van der Waals surface area contributed by atoms with Crippen LogP contribution in [0.4, 0.5) is 4.79 Å². The monoisotopic (exact) mass is 343 g/mol. The van der Waals surface area contributed by atoms with Gasteiger partial charge in [0.15, 0.2) is 0 Å². The van der Waals surface area contributed by atoms with E-state index in [2.05, 4.69) is 48.5 Å². The van der Waals surface area contributed by atoms with E-state index in [1.807, 2.05) is 4.90 Å². The van der Waals surface area contributed by atoms with E-state index in [0.717, 1.165) is 25.9 Å². The quantitative estimate of drug-likeness (QED) is 0.780. The van der Waals surface area contributed by atoms with Crippen molar-refractivity contribution in [2.45, 2.75) is 25.2 Å². The third kappa shape index (κ3) is 3.01. The van der Waals surface area contributed by atoms with Crippen molar-refractivity contribution in [1.82, 2.24) is 4.90 Å². The van der Waals surface area contributed by atoms with Gasteiger partial charge < -0.3 is 9.64 Å². The number of carbonyl (C=O) groups is 1. The highest BCUT2D eigenvalue weighted by atomic mass is 35.5. The van der Waals surface area contributed by atoms with Crippen LogP contribution in [-0.4, -0.2) is 30.7 Å². The predicted octanol–water partition coefficient (Wildman–Crippen LogP) is 4.84. The van der Waals surface area contributed by atoms with Crippen molar-refractivity contribution < 1.29 is 9.53 Å². The zero-order valence-electron chi connectivity index (χ0n) is 13.6. The molecule has 2 aliphatic rings. The summed E-state index contributed by atoms with van der Waals surface area (Å²) in [6.07, 6.45) is 3.23. The first-order valence-electron chi connectivity index (χ1n) is 8.44. The van der Waals surface area contributed by atoms with E-state index in [1.54, 1.807) is 0 Å². The summed E-state index contributed by atoms with van der Waals surface area (Å²) in [6, 6.07) is 16.9. The van der Waals surface area contributed by atoms with Gasteiger partial charge in [0.05, 0.1) is 0 Å². The number of ether oxygens (including phenoxy) is 1. The average Bonchev–Trinajstić information content (AvgIpc) is 2.94. The molecule has 1 heterocycles. The molecule has 2 aromatic carbocycles. The molecule has 0 atom stereocenters. The van der Waals surface area contributed by atoms with Crippen LogP contribution in [0.2, 0.25) is 0 Å². The molecule has 0 saturated carbocycles. The molecule has 0 N–H and O–H groups in total. The topological polar surface area (TPSA) is 29.5 Å². The van der Waals surface area contributed by atoms with Crippen LogP contribution in [0.25, 0.3) is 11.1 Å². The number of rotatable bonds is 2. The Morgan fingerprint density at radius 2 is 1.46 bits per heavy atom. The van der Waals surface area contributed by atoms with Gasteiger partial charge in [-0.05, 0) is 41.5 Å². The molecule has 1 amide bonds. The van der Waals surface area contributed by atoms with Crippen LogP contribution >= 0.6 is 12.4 Å². The van der Waals surface area contributed by atoms with Gasteiger partial charge in [-0.2, -0.15) is 0 Å². The smallest absolute Gasteiger partial charge is 0.409 e. The summed E-state index contributed by atoms with van der Waals surface area (Å²) in [5.41, 5.74) is 5.06. The lowest BCUT2D eigenvalue weighted by molar-refractivity contribution is 0.0929. The Labute approximate surface area is 149 Å². The molecule has 3 nitrogen and oxygen atoms in total. The standard InChI is InChI=1S/C20H21NO2.ClH/c22-20(21-12-6-1-7-13-21)23-14-19-17-10-4-2-8-15(17)16-9-3-5-11-18(16)19;/h2-5,8-11,19H,1,6-7,12-14H2;1H. The van der Waals surface area contributed by atoms with Crippen LogP contribution in [0.15, 0.2) is 48.5 Å². The van der Waals surface area contributed by atoms with Gasteiger partial charge in [0.2, 0.25) is 0 Å². The Hall–Kier alpha value is -2.00. The highest BCUT2D eigenvalue weighted by molar-refractivity contribution is 5.85. The second kappa shape index (κ2) is 7.27. The van der Waals surface area contributed by atoms with Gasteiger partial charge in [-0.1, -0.05) is 48.5 Å². The lowest BCUT2D eigenvalue weighted by atomic mass is 9.98. The van der Waals surface area contributed by atoms with Gasteiger partial charge in [-0.3, -0.25) is 0 Å². The number of carbonyl (C=O) groups excluding carboxylic acids is 1. The molecule has 0 aromatic heterocycles. The minimum atomic E-state index is -0.161. The van der Waals surface area contributed by atoms with Gasteiger partial charge in [-0.15, -0.1) is 12.4 Å². The van der Waals surface area contributed by atoms with Crippen LogP contribution in [0.3, 0.4) is 0 Å². The maximum Gasteiger partial charge on any atom is 0.409 e. The number of hydrogen-bond donors (Lipinski definition) is 0. The number of fused-ring (bicyclic) bond motifs is 3. The molecular formula is C20H22ClNO2. The SMILES string of the molecule is Cl.O=C(OCC1c2ccccc2-c2ccccc21)N1CCCCC1. The van der Waals surface area contributed by atoms with Gasteiger partial charge >= 0.3 is 6.09 Å². The molecule has 2 aromatic rings. The summed E-state index contributed by atoms with van der Waals surface area (Å²) >= 11 is 0. The molecule has 0 spiro atoms. The molecule has 24 heavy (non-hydrogen) atoms. The van der Waals surface area contributed by atoms with Crippen LogP contribution in [0.1, 0.15) is 36.3 Å². The average molecular weight is 344 g/mol. The maximum atomic E-state index is 12.3. The van der Waals surface area contributed by atoms with Crippen molar-refractivity contribution >= 4 is 18.5 Å². The summed E-state index contributed by atoms with van der Waals surface area (Å²) < 4.78 is 5.67. The van der Waals surface area contributed by atoms with Crippen molar-refractivity contribution in [3.8, 4) is 11.1 Å². The van der Waals surface area contributed by atoms with Crippen molar-refractivity contribution in [3.63, 3.8) is 0 Å². The molecule has 1 saturated heterocycles. The molecule has 1 fully saturated rings. The third-order valence-corrected chi connectivity index (χ3v) is 4.95. The van der Waals surface area contributed by atoms with Crippen molar-refractivity contribution in [2.75, 3.05) is 19.7 Å². The molecule has 1 aliphatic carbocycles. The Bertz CT molecular complexity index is 680. The summed E-state index contributed by atoms with van der Waals surface area (Å²) in [4.78, 5) is 14.1. The molecule has 0 radical (unpaired) electrons. The second-order valence-electron chi connectivity index (χ2n) is 6.35. The number of piperidine rings is 1. The van der Waals surface area contributed by atoms with E-state index in [-0.39, 0.29) is 24.4 Å². The fourth-order valence-electron chi connectivity index (χ4n) is 3.76. The minimum Gasteiger partial charge on any atom is -0.448 e. The van der Waals surface area contributed by atoms with Crippen LogP contribution in [0.5, 0.6) is 0 Å². The van der Waals surface area contributed by atoms with Gasteiger partial charge in [0, 0.05) is 19.0 Å². The highest BCUT2D eigenvalue weighted by Crippen LogP contribution is 2.44. The first-order chi connectivity index (χ1) is 11.3. The van der Waals surface area contributed by atoms with Crippen molar-refractivity contribution in [3.05, 3.63) is 59.7 Å². The van der Waals surface area contributed by atoms with Crippen molar-refractivity contribution in [2.24, 2.45) is 0 Å². The van der Waals surface area contributed by atoms with E-state index in [1.165, 1.54) is 28.7 Å². The summed E-state index contributed by atoms with van der Waals surface area (Å²) in [5, 5.41) is 0. The van der Waals surface area contributed by atoms with Crippen LogP contribution in [-0.2, 0) is 4.74 Å². The van der Waals surface area contributed by atoms with Crippen LogP contribution in [0, 0.1) is 0 Å². The number of benzene rings is 2. The molecule has 1 aliphatic heterocycles. The molecule has 0 unspecified atom stereocenters. The maximum absolute atomic E-state index is 12.3. The third-order valence-electron chi connectivity index (χ3n) is 4.95. The zero-order chi connectivity index (χ0) is 15.6. The molecule has 126 valence electrons. The van der Waals surface area contributed by atoms with Crippen LogP contribution < -0.4 is 0 Å². The van der Waals surface area contributed by atoms with E-state index >= 15 is 0 Å². The zero-order valence-corrected chi connectivity index (χ0v) is 14.4. The van der Waals surface area contributed by atoms with Gasteiger partial charge in [-0.25, -0.2) is 4.79 Å². The molecule has 4 rings (SSSR count).